The number of hydrogen-bond acceptors (Lipinski definition) is 5. The summed E-state index contributed by atoms with van der Waals surface area (Å²) in [7, 11) is 0. The Morgan fingerprint density at radius 3 is 2.72 bits per heavy atom. The van der Waals surface area contributed by atoms with Gasteiger partial charge in [0.2, 0.25) is 0 Å². The molecule has 3 aromatic rings. The van der Waals surface area contributed by atoms with Crippen molar-refractivity contribution in [1.82, 2.24) is 14.5 Å². The maximum Gasteiger partial charge on any atom is 0.262 e. The van der Waals surface area contributed by atoms with Gasteiger partial charge in [-0.15, -0.1) is 0 Å². The molecule has 0 spiro atoms. The number of hydrogen-bond donors (Lipinski definition) is 0. The predicted octanol–water partition coefficient (Wildman–Crippen LogP) is 4.02. The topological polar surface area (TPSA) is 47.4 Å². The first-order valence-electron chi connectivity index (χ1n) is 10.4. The molecular weight excluding hydrogens is 382 g/mol. The van der Waals surface area contributed by atoms with E-state index in [0.29, 0.717) is 17.8 Å². The van der Waals surface area contributed by atoms with Crippen molar-refractivity contribution in [2.24, 2.45) is 5.92 Å². The number of ether oxygens (including phenoxy) is 1. The summed E-state index contributed by atoms with van der Waals surface area (Å²) in [6.45, 7) is 10.9. The third kappa shape index (κ3) is 4.49. The van der Waals surface area contributed by atoms with Crippen LogP contribution in [0.25, 0.3) is 21.7 Å². The van der Waals surface area contributed by atoms with Gasteiger partial charge in [0.25, 0.3) is 5.56 Å². The lowest BCUT2D eigenvalue weighted by atomic mass is 10.1. The molecule has 154 valence electrons. The molecule has 1 fully saturated rings. The van der Waals surface area contributed by atoms with E-state index in [1.54, 1.807) is 16.3 Å². The number of fused-ring (bicyclic) bond motifs is 2. The summed E-state index contributed by atoms with van der Waals surface area (Å²) in [5, 5.41) is 3.65. The van der Waals surface area contributed by atoms with E-state index >= 15 is 0 Å². The molecule has 1 saturated heterocycles. The Labute approximate surface area is 176 Å². The molecule has 0 amide bonds. The molecule has 29 heavy (non-hydrogen) atoms. The molecule has 6 heteroatoms. The quantitative estimate of drug-likeness (QED) is 0.348. The van der Waals surface area contributed by atoms with Crippen LogP contribution in [0.15, 0.2) is 46.3 Å². The molecule has 4 rings (SSSR count). The van der Waals surface area contributed by atoms with Crippen LogP contribution in [0, 0.1) is 5.92 Å². The largest absolute Gasteiger partial charge is 0.375 e. The summed E-state index contributed by atoms with van der Waals surface area (Å²) in [5.74, 6) is 1.46. The van der Waals surface area contributed by atoms with Crippen molar-refractivity contribution in [2.75, 3.05) is 32.0 Å². The predicted molar refractivity (Wildman–Crippen MR) is 121 cm³/mol. The first kappa shape index (κ1) is 20.4. The lowest BCUT2D eigenvalue weighted by Crippen LogP contribution is -2.44. The fraction of sp³-hybridized carbons (Fsp3) is 0.478. The summed E-state index contributed by atoms with van der Waals surface area (Å²) in [6, 6.07) is 12.1. The van der Waals surface area contributed by atoms with Crippen molar-refractivity contribution in [3.05, 3.63) is 46.8 Å². The van der Waals surface area contributed by atoms with Crippen molar-refractivity contribution < 1.29 is 4.74 Å². The number of aromatic nitrogens is 2. The van der Waals surface area contributed by atoms with E-state index in [0.717, 1.165) is 53.4 Å². The van der Waals surface area contributed by atoms with E-state index in [1.165, 1.54) is 0 Å². The summed E-state index contributed by atoms with van der Waals surface area (Å²) in [4.78, 5) is 20.5. The van der Waals surface area contributed by atoms with E-state index < -0.39 is 0 Å². The summed E-state index contributed by atoms with van der Waals surface area (Å²) >= 11 is 1.63. The van der Waals surface area contributed by atoms with Crippen LogP contribution >= 0.6 is 11.8 Å². The Kier molecular flexibility index (Phi) is 6.23. The normalized spacial score (nSPS) is 18.1. The zero-order chi connectivity index (χ0) is 20.4. The summed E-state index contributed by atoms with van der Waals surface area (Å²) < 4.78 is 7.77. The molecule has 0 saturated carbocycles. The monoisotopic (exact) mass is 411 g/mol. The van der Waals surface area contributed by atoms with Crippen molar-refractivity contribution in [3.63, 3.8) is 0 Å². The van der Waals surface area contributed by atoms with Crippen LogP contribution in [0.1, 0.15) is 20.8 Å². The Balaban J connectivity index is 1.59. The second kappa shape index (κ2) is 8.86. The number of benzene rings is 2. The Bertz CT molecular complexity index is 1060. The number of rotatable bonds is 6. The van der Waals surface area contributed by atoms with Gasteiger partial charge in [0.1, 0.15) is 0 Å². The van der Waals surface area contributed by atoms with Crippen molar-refractivity contribution in [2.45, 2.75) is 38.6 Å². The third-order valence-corrected chi connectivity index (χ3v) is 6.46. The average molecular weight is 412 g/mol. The minimum absolute atomic E-state index is 0.0387. The number of morpholine rings is 1. The molecule has 0 bridgehead atoms. The van der Waals surface area contributed by atoms with Crippen LogP contribution in [-0.4, -0.2) is 52.5 Å². The molecule has 1 aromatic heterocycles. The van der Waals surface area contributed by atoms with Crippen LogP contribution in [0.2, 0.25) is 0 Å². The van der Waals surface area contributed by atoms with Crippen LogP contribution in [0.3, 0.4) is 0 Å². The van der Waals surface area contributed by atoms with Crippen molar-refractivity contribution in [1.29, 1.82) is 0 Å². The second-order valence-electron chi connectivity index (χ2n) is 8.12. The van der Waals surface area contributed by atoms with Gasteiger partial charge in [0.05, 0.1) is 23.6 Å². The molecule has 1 aliphatic heterocycles. The lowest BCUT2D eigenvalue weighted by Gasteiger charge is -2.33. The second-order valence-corrected chi connectivity index (χ2v) is 9.10. The fourth-order valence-corrected chi connectivity index (χ4v) is 5.08. The van der Waals surface area contributed by atoms with E-state index in [1.807, 2.05) is 37.3 Å². The highest BCUT2D eigenvalue weighted by Crippen LogP contribution is 2.24. The average Bonchev–Trinajstić information content (AvgIpc) is 2.71. The maximum absolute atomic E-state index is 13.1. The van der Waals surface area contributed by atoms with Crippen LogP contribution in [0.4, 0.5) is 0 Å². The standard InChI is InChI=1S/C23H29N3O2S/c1-4-26-22(27)20-11-17-7-5-6-8-18(17)12-21(20)24-23(26)29-15-19-14-25(9-10-28-19)13-16(2)3/h5-8,11-12,16,19H,4,9-10,13-15H2,1-3H3/t19-/m1/s1. The highest BCUT2D eigenvalue weighted by molar-refractivity contribution is 7.99. The van der Waals surface area contributed by atoms with Gasteiger partial charge in [-0.25, -0.2) is 4.98 Å². The molecule has 2 aromatic carbocycles. The molecule has 1 atom stereocenters. The van der Waals surface area contributed by atoms with Crippen LogP contribution in [-0.2, 0) is 11.3 Å². The van der Waals surface area contributed by atoms with Crippen molar-refractivity contribution >= 4 is 33.4 Å². The summed E-state index contributed by atoms with van der Waals surface area (Å²) in [5.41, 5.74) is 0.809. The summed E-state index contributed by atoms with van der Waals surface area (Å²) in [6.07, 6.45) is 0.169. The molecule has 2 heterocycles. The van der Waals surface area contributed by atoms with Gasteiger partial charge in [-0.1, -0.05) is 49.9 Å². The zero-order valence-corrected chi connectivity index (χ0v) is 18.2. The maximum atomic E-state index is 13.1. The van der Waals surface area contributed by atoms with Crippen LogP contribution in [0.5, 0.6) is 0 Å². The van der Waals surface area contributed by atoms with Gasteiger partial charge in [-0.2, -0.15) is 0 Å². The smallest absolute Gasteiger partial charge is 0.262 e. The minimum atomic E-state index is 0.0387. The van der Waals surface area contributed by atoms with Crippen molar-refractivity contribution in [3.8, 4) is 0 Å². The molecule has 0 radical (unpaired) electrons. The highest BCUT2D eigenvalue weighted by atomic mass is 32.2. The van der Waals surface area contributed by atoms with E-state index in [-0.39, 0.29) is 11.7 Å². The first-order chi connectivity index (χ1) is 14.0. The Hall–Kier alpha value is -1.89. The van der Waals surface area contributed by atoms with Gasteiger partial charge in [0.15, 0.2) is 5.16 Å². The Morgan fingerprint density at radius 2 is 2.00 bits per heavy atom. The van der Waals surface area contributed by atoms with E-state index in [4.69, 9.17) is 9.72 Å². The van der Waals surface area contributed by atoms with Gasteiger partial charge in [-0.3, -0.25) is 14.3 Å². The SMILES string of the molecule is CCn1c(SC[C@H]2CN(CC(C)C)CCO2)nc2cc3ccccc3cc2c1=O. The number of thioether (sulfide) groups is 1. The fourth-order valence-electron chi connectivity index (χ4n) is 4.01. The lowest BCUT2D eigenvalue weighted by molar-refractivity contribution is -0.0191. The minimum Gasteiger partial charge on any atom is -0.375 e. The molecule has 1 aliphatic rings. The Morgan fingerprint density at radius 1 is 1.24 bits per heavy atom. The van der Waals surface area contributed by atoms with Gasteiger partial charge >= 0.3 is 0 Å². The molecule has 0 unspecified atom stereocenters. The zero-order valence-electron chi connectivity index (χ0n) is 17.4. The highest BCUT2D eigenvalue weighted by Gasteiger charge is 2.22. The van der Waals surface area contributed by atoms with Gasteiger partial charge < -0.3 is 4.74 Å². The molecule has 0 aliphatic carbocycles. The third-order valence-electron chi connectivity index (χ3n) is 5.35. The van der Waals surface area contributed by atoms with Crippen LogP contribution < -0.4 is 5.56 Å². The van der Waals surface area contributed by atoms with E-state index in [9.17, 15) is 4.79 Å². The molecular formula is C23H29N3O2S. The van der Waals surface area contributed by atoms with E-state index in [2.05, 4.69) is 24.8 Å². The van der Waals surface area contributed by atoms with Gasteiger partial charge in [-0.05, 0) is 35.7 Å². The first-order valence-corrected chi connectivity index (χ1v) is 11.4. The number of nitrogens with zero attached hydrogens (tertiary/aromatic N) is 3. The molecule has 0 N–H and O–H groups in total. The van der Waals surface area contributed by atoms with Gasteiger partial charge in [0, 0.05) is 31.9 Å². The molecule has 5 nitrogen and oxygen atoms in total.